The first-order valence-electron chi connectivity index (χ1n) is 6.28. The second-order valence-corrected chi connectivity index (χ2v) is 4.45. The van der Waals surface area contributed by atoms with Crippen molar-refractivity contribution in [2.45, 2.75) is 13.8 Å². The molecule has 0 aliphatic heterocycles. The number of benzene rings is 1. The molecule has 19 heavy (non-hydrogen) atoms. The number of para-hydroxylation sites is 1. The number of aromatic nitrogens is 1. The minimum absolute atomic E-state index is 0.0600. The zero-order chi connectivity index (χ0) is 13.8. The van der Waals surface area contributed by atoms with Gasteiger partial charge in [-0.3, -0.25) is 4.79 Å². The van der Waals surface area contributed by atoms with Crippen molar-refractivity contribution in [3.05, 3.63) is 66.0 Å². The Kier molecular flexibility index (Phi) is 3.85. The maximum Gasteiger partial charge on any atom is 0.253 e. The van der Waals surface area contributed by atoms with Crippen LogP contribution in [-0.2, 0) is 0 Å². The van der Waals surface area contributed by atoms with Crippen LogP contribution in [0.2, 0.25) is 0 Å². The van der Waals surface area contributed by atoms with E-state index in [9.17, 15) is 4.79 Å². The van der Waals surface area contributed by atoms with Crippen molar-refractivity contribution in [1.82, 2.24) is 9.88 Å². The summed E-state index contributed by atoms with van der Waals surface area (Å²) >= 11 is 0. The van der Waals surface area contributed by atoms with Crippen LogP contribution in [0.1, 0.15) is 21.7 Å². The van der Waals surface area contributed by atoms with Crippen LogP contribution < -0.4 is 5.32 Å². The molecule has 1 heterocycles. The monoisotopic (exact) mass is 254 g/mol. The van der Waals surface area contributed by atoms with Crippen LogP contribution in [0.3, 0.4) is 0 Å². The molecule has 0 spiro atoms. The summed E-state index contributed by atoms with van der Waals surface area (Å²) in [6.45, 7) is 8.04. The number of carbonyl (C=O) groups is 1. The lowest BCUT2D eigenvalue weighted by molar-refractivity contribution is 0.0957. The predicted molar refractivity (Wildman–Crippen MR) is 77.8 cm³/mol. The molecule has 0 aliphatic carbocycles. The summed E-state index contributed by atoms with van der Waals surface area (Å²) in [6.07, 6.45) is 1.67. The lowest BCUT2D eigenvalue weighted by Gasteiger charge is -2.09. The SMILES string of the molecule is C=CCNC(=O)c1cc(C)n(-c2ccccc2)c1C. The second-order valence-electron chi connectivity index (χ2n) is 4.45. The van der Waals surface area contributed by atoms with Crippen molar-refractivity contribution in [1.29, 1.82) is 0 Å². The van der Waals surface area contributed by atoms with E-state index in [-0.39, 0.29) is 5.91 Å². The number of nitrogens with one attached hydrogen (secondary N) is 1. The van der Waals surface area contributed by atoms with Crippen LogP contribution in [0.5, 0.6) is 0 Å². The number of carbonyl (C=O) groups excluding carboxylic acids is 1. The third-order valence-electron chi connectivity index (χ3n) is 3.10. The molecular formula is C16H18N2O. The molecule has 0 aliphatic rings. The van der Waals surface area contributed by atoms with Gasteiger partial charge >= 0.3 is 0 Å². The van der Waals surface area contributed by atoms with E-state index in [0.717, 1.165) is 17.1 Å². The Morgan fingerprint density at radius 2 is 2.00 bits per heavy atom. The van der Waals surface area contributed by atoms with E-state index < -0.39 is 0 Å². The molecule has 1 aromatic heterocycles. The van der Waals surface area contributed by atoms with Gasteiger partial charge in [-0.1, -0.05) is 24.3 Å². The largest absolute Gasteiger partial charge is 0.349 e. The molecule has 0 radical (unpaired) electrons. The van der Waals surface area contributed by atoms with Crippen molar-refractivity contribution in [3.8, 4) is 5.69 Å². The number of aryl methyl sites for hydroxylation is 1. The highest BCUT2D eigenvalue weighted by atomic mass is 16.1. The molecule has 0 saturated carbocycles. The fraction of sp³-hybridized carbons (Fsp3) is 0.188. The number of hydrogen-bond donors (Lipinski definition) is 1. The fourth-order valence-corrected chi connectivity index (χ4v) is 2.23. The number of amides is 1. The Morgan fingerprint density at radius 1 is 1.32 bits per heavy atom. The summed E-state index contributed by atoms with van der Waals surface area (Å²) < 4.78 is 2.09. The molecule has 0 saturated heterocycles. The van der Waals surface area contributed by atoms with E-state index in [4.69, 9.17) is 0 Å². The van der Waals surface area contributed by atoms with Crippen LogP contribution in [0.25, 0.3) is 5.69 Å². The smallest absolute Gasteiger partial charge is 0.253 e. The average molecular weight is 254 g/mol. The summed E-state index contributed by atoms with van der Waals surface area (Å²) in [4.78, 5) is 12.0. The van der Waals surface area contributed by atoms with E-state index in [0.29, 0.717) is 12.1 Å². The molecular weight excluding hydrogens is 236 g/mol. The average Bonchev–Trinajstić information content (AvgIpc) is 2.72. The van der Waals surface area contributed by atoms with Gasteiger partial charge in [0.1, 0.15) is 0 Å². The van der Waals surface area contributed by atoms with Gasteiger partial charge in [0.05, 0.1) is 5.56 Å². The summed E-state index contributed by atoms with van der Waals surface area (Å²) in [5.41, 5.74) is 3.78. The zero-order valence-corrected chi connectivity index (χ0v) is 11.3. The molecule has 0 unspecified atom stereocenters. The molecule has 1 N–H and O–H groups in total. The van der Waals surface area contributed by atoms with Gasteiger partial charge in [0.25, 0.3) is 5.91 Å². The standard InChI is InChI=1S/C16H18N2O/c1-4-10-17-16(19)15-11-12(2)18(13(15)3)14-8-6-5-7-9-14/h4-9,11H,1,10H2,2-3H3,(H,17,19). The van der Waals surface area contributed by atoms with Gasteiger partial charge in [0, 0.05) is 23.6 Å². The van der Waals surface area contributed by atoms with Crippen molar-refractivity contribution in [3.63, 3.8) is 0 Å². The van der Waals surface area contributed by atoms with E-state index in [1.807, 2.05) is 50.2 Å². The summed E-state index contributed by atoms with van der Waals surface area (Å²) in [5.74, 6) is -0.0600. The summed E-state index contributed by atoms with van der Waals surface area (Å²) in [5, 5.41) is 2.81. The first-order chi connectivity index (χ1) is 9.15. The van der Waals surface area contributed by atoms with Crippen molar-refractivity contribution >= 4 is 5.91 Å². The third kappa shape index (κ3) is 2.60. The van der Waals surface area contributed by atoms with Gasteiger partial charge in [-0.15, -0.1) is 6.58 Å². The second kappa shape index (κ2) is 5.57. The molecule has 1 amide bonds. The molecule has 2 aromatic rings. The number of nitrogens with zero attached hydrogens (tertiary/aromatic N) is 1. The third-order valence-corrected chi connectivity index (χ3v) is 3.10. The van der Waals surface area contributed by atoms with Crippen molar-refractivity contribution < 1.29 is 4.79 Å². The Bertz CT molecular complexity index is 597. The van der Waals surface area contributed by atoms with E-state index in [1.54, 1.807) is 6.08 Å². The van der Waals surface area contributed by atoms with Gasteiger partial charge < -0.3 is 9.88 Å². The van der Waals surface area contributed by atoms with Crippen LogP contribution in [0.4, 0.5) is 0 Å². The molecule has 2 rings (SSSR count). The molecule has 1 aromatic carbocycles. The first kappa shape index (κ1) is 13.1. The zero-order valence-electron chi connectivity index (χ0n) is 11.3. The molecule has 0 bridgehead atoms. The Hall–Kier alpha value is -2.29. The van der Waals surface area contributed by atoms with Crippen LogP contribution >= 0.6 is 0 Å². The summed E-state index contributed by atoms with van der Waals surface area (Å²) in [6, 6.07) is 11.9. The lowest BCUT2D eigenvalue weighted by Crippen LogP contribution is -2.23. The number of rotatable bonds is 4. The Morgan fingerprint density at radius 3 is 2.63 bits per heavy atom. The highest BCUT2D eigenvalue weighted by Crippen LogP contribution is 2.20. The molecule has 3 nitrogen and oxygen atoms in total. The van der Waals surface area contributed by atoms with E-state index >= 15 is 0 Å². The first-order valence-corrected chi connectivity index (χ1v) is 6.28. The number of hydrogen-bond acceptors (Lipinski definition) is 1. The van der Waals surface area contributed by atoms with Crippen molar-refractivity contribution in [2.75, 3.05) is 6.54 Å². The van der Waals surface area contributed by atoms with E-state index in [2.05, 4.69) is 16.5 Å². The maximum atomic E-state index is 12.0. The van der Waals surface area contributed by atoms with Gasteiger partial charge in [-0.2, -0.15) is 0 Å². The topological polar surface area (TPSA) is 34.0 Å². The van der Waals surface area contributed by atoms with Crippen molar-refractivity contribution in [2.24, 2.45) is 0 Å². The highest BCUT2D eigenvalue weighted by Gasteiger charge is 2.15. The minimum atomic E-state index is -0.0600. The Balaban J connectivity index is 2.40. The molecule has 3 heteroatoms. The molecule has 0 atom stereocenters. The molecule has 0 fully saturated rings. The fourth-order valence-electron chi connectivity index (χ4n) is 2.23. The van der Waals surface area contributed by atoms with E-state index in [1.165, 1.54) is 0 Å². The Labute approximate surface area is 113 Å². The van der Waals surface area contributed by atoms with Gasteiger partial charge in [0.2, 0.25) is 0 Å². The van der Waals surface area contributed by atoms with Gasteiger partial charge in [-0.05, 0) is 32.0 Å². The van der Waals surface area contributed by atoms with Crippen LogP contribution in [0.15, 0.2) is 49.1 Å². The van der Waals surface area contributed by atoms with Gasteiger partial charge in [-0.25, -0.2) is 0 Å². The molecule has 98 valence electrons. The minimum Gasteiger partial charge on any atom is -0.349 e. The predicted octanol–water partition coefficient (Wildman–Crippen LogP) is 3.01. The maximum absolute atomic E-state index is 12.0. The van der Waals surface area contributed by atoms with Crippen LogP contribution in [-0.4, -0.2) is 17.0 Å². The quantitative estimate of drug-likeness (QED) is 0.836. The summed E-state index contributed by atoms with van der Waals surface area (Å²) in [7, 11) is 0. The highest BCUT2D eigenvalue weighted by molar-refractivity contribution is 5.96. The normalized spacial score (nSPS) is 10.2. The lowest BCUT2D eigenvalue weighted by atomic mass is 10.2. The van der Waals surface area contributed by atoms with Gasteiger partial charge in [0.15, 0.2) is 0 Å². The van der Waals surface area contributed by atoms with Crippen LogP contribution in [0, 0.1) is 13.8 Å².